The van der Waals surface area contributed by atoms with Crippen LogP contribution in [0.25, 0.3) is 10.9 Å². The van der Waals surface area contributed by atoms with Gasteiger partial charge in [0.2, 0.25) is 0 Å². The standard InChI is InChI=1S/C20H19N3O5/c1-13(19-22-16-10-6-5-9-15(16)20(26)23-19)28-18(25)11-21-17(24)12-27-14-7-3-2-4-8-14/h2-10,13H,11-12H2,1H3,(H,21,24)(H,22,23,26)/t13-/m1/s1. The molecule has 8 heteroatoms. The van der Waals surface area contributed by atoms with E-state index in [9.17, 15) is 14.4 Å². The van der Waals surface area contributed by atoms with Crippen LogP contribution in [0.5, 0.6) is 5.75 Å². The van der Waals surface area contributed by atoms with Crippen LogP contribution in [0.4, 0.5) is 0 Å². The number of esters is 1. The number of aromatic amines is 1. The molecule has 28 heavy (non-hydrogen) atoms. The van der Waals surface area contributed by atoms with Gasteiger partial charge >= 0.3 is 5.97 Å². The fourth-order valence-electron chi connectivity index (χ4n) is 2.48. The minimum absolute atomic E-state index is 0.216. The van der Waals surface area contributed by atoms with Crippen molar-refractivity contribution in [2.24, 2.45) is 0 Å². The topological polar surface area (TPSA) is 110 Å². The monoisotopic (exact) mass is 381 g/mol. The van der Waals surface area contributed by atoms with E-state index in [0.29, 0.717) is 16.7 Å². The molecule has 0 fully saturated rings. The van der Waals surface area contributed by atoms with Crippen LogP contribution in [0.1, 0.15) is 18.9 Å². The number of carbonyl (C=O) groups excluding carboxylic acids is 2. The van der Waals surface area contributed by atoms with E-state index in [4.69, 9.17) is 9.47 Å². The maximum Gasteiger partial charge on any atom is 0.326 e. The minimum Gasteiger partial charge on any atom is -0.484 e. The molecule has 2 N–H and O–H groups in total. The molecule has 2 aromatic carbocycles. The lowest BCUT2D eigenvalue weighted by Gasteiger charge is -2.13. The number of para-hydroxylation sites is 2. The Morgan fingerprint density at radius 2 is 1.82 bits per heavy atom. The molecule has 3 aromatic rings. The SMILES string of the molecule is C[C@@H](OC(=O)CNC(=O)COc1ccccc1)c1nc2ccccc2c(=O)[nH]1. The van der Waals surface area contributed by atoms with Gasteiger partial charge in [-0.3, -0.25) is 14.4 Å². The van der Waals surface area contributed by atoms with Gasteiger partial charge in [0.15, 0.2) is 18.5 Å². The van der Waals surface area contributed by atoms with Gasteiger partial charge in [-0.05, 0) is 31.2 Å². The normalized spacial score (nSPS) is 11.6. The molecule has 0 aliphatic carbocycles. The summed E-state index contributed by atoms with van der Waals surface area (Å²) in [6.07, 6.45) is -0.776. The number of hydrogen-bond donors (Lipinski definition) is 2. The second kappa shape index (κ2) is 8.81. The first-order valence-electron chi connectivity index (χ1n) is 8.66. The van der Waals surface area contributed by atoms with Crippen molar-refractivity contribution in [3.05, 3.63) is 70.8 Å². The molecule has 0 spiro atoms. The van der Waals surface area contributed by atoms with Gasteiger partial charge in [0, 0.05) is 0 Å². The molecule has 144 valence electrons. The van der Waals surface area contributed by atoms with Crippen molar-refractivity contribution in [1.29, 1.82) is 0 Å². The predicted molar refractivity (Wildman–Crippen MR) is 102 cm³/mol. The van der Waals surface area contributed by atoms with Crippen LogP contribution in [0.3, 0.4) is 0 Å². The zero-order valence-corrected chi connectivity index (χ0v) is 15.2. The van der Waals surface area contributed by atoms with E-state index in [2.05, 4.69) is 15.3 Å². The maximum atomic E-state index is 12.1. The number of nitrogens with zero attached hydrogens (tertiary/aromatic N) is 1. The van der Waals surface area contributed by atoms with E-state index in [1.807, 2.05) is 6.07 Å². The highest BCUT2D eigenvalue weighted by atomic mass is 16.5. The van der Waals surface area contributed by atoms with Gasteiger partial charge in [-0.25, -0.2) is 4.98 Å². The van der Waals surface area contributed by atoms with Crippen LogP contribution in [0, 0.1) is 0 Å². The van der Waals surface area contributed by atoms with Crippen molar-refractivity contribution in [3.63, 3.8) is 0 Å². The van der Waals surface area contributed by atoms with E-state index >= 15 is 0 Å². The van der Waals surface area contributed by atoms with Gasteiger partial charge in [-0.15, -0.1) is 0 Å². The van der Waals surface area contributed by atoms with Crippen LogP contribution >= 0.6 is 0 Å². The van der Waals surface area contributed by atoms with E-state index in [-0.39, 0.29) is 24.5 Å². The number of aromatic nitrogens is 2. The third-order valence-corrected chi connectivity index (χ3v) is 3.87. The van der Waals surface area contributed by atoms with Crippen molar-refractivity contribution in [2.45, 2.75) is 13.0 Å². The number of benzene rings is 2. The van der Waals surface area contributed by atoms with Crippen LogP contribution in [0.15, 0.2) is 59.4 Å². The molecular weight excluding hydrogens is 362 g/mol. The van der Waals surface area contributed by atoms with Crippen molar-refractivity contribution in [1.82, 2.24) is 15.3 Å². The number of H-pyrrole nitrogens is 1. The molecule has 1 atom stereocenters. The molecule has 1 amide bonds. The van der Waals surface area contributed by atoms with Gasteiger partial charge in [0.25, 0.3) is 11.5 Å². The number of nitrogens with one attached hydrogen (secondary N) is 2. The zero-order chi connectivity index (χ0) is 19.9. The molecule has 1 aromatic heterocycles. The molecular formula is C20H19N3O5. The number of hydrogen-bond acceptors (Lipinski definition) is 6. The summed E-state index contributed by atoms with van der Waals surface area (Å²) < 4.78 is 10.5. The fourth-order valence-corrected chi connectivity index (χ4v) is 2.48. The van der Waals surface area contributed by atoms with Gasteiger partial charge < -0.3 is 19.8 Å². The van der Waals surface area contributed by atoms with Gasteiger partial charge in [0.1, 0.15) is 12.3 Å². The second-order valence-corrected chi connectivity index (χ2v) is 5.98. The first-order chi connectivity index (χ1) is 13.5. The maximum absolute atomic E-state index is 12.1. The largest absolute Gasteiger partial charge is 0.484 e. The van der Waals surface area contributed by atoms with Crippen LogP contribution < -0.4 is 15.6 Å². The summed E-state index contributed by atoms with van der Waals surface area (Å²) in [7, 11) is 0. The highest BCUT2D eigenvalue weighted by Crippen LogP contribution is 2.14. The Hall–Kier alpha value is -3.68. The molecule has 3 rings (SSSR count). The Kier molecular flexibility index (Phi) is 6.01. The lowest BCUT2D eigenvalue weighted by molar-refractivity contribution is -0.149. The highest BCUT2D eigenvalue weighted by Gasteiger charge is 2.16. The first-order valence-corrected chi connectivity index (χ1v) is 8.66. The van der Waals surface area contributed by atoms with Gasteiger partial charge in [0.05, 0.1) is 10.9 Å². The van der Waals surface area contributed by atoms with E-state index < -0.39 is 18.0 Å². The highest BCUT2D eigenvalue weighted by molar-refractivity contribution is 5.83. The zero-order valence-electron chi connectivity index (χ0n) is 15.2. The van der Waals surface area contributed by atoms with Crippen molar-refractivity contribution >= 4 is 22.8 Å². The summed E-state index contributed by atoms with van der Waals surface area (Å²) in [5.74, 6) is -0.321. The lowest BCUT2D eigenvalue weighted by atomic mass is 10.2. The van der Waals surface area contributed by atoms with Gasteiger partial charge in [-0.2, -0.15) is 0 Å². The van der Waals surface area contributed by atoms with E-state index in [0.717, 1.165) is 0 Å². The van der Waals surface area contributed by atoms with Crippen LogP contribution in [-0.2, 0) is 14.3 Å². The second-order valence-electron chi connectivity index (χ2n) is 5.98. The molecule has 0 unspecified atom stereocenters. The number of rotatable bonds is 7. The Balaban J connectivity index is 1.50. The Morgan fingerprint density at radius 1 is 1.11 bits per heavy atom. The summed E-state index contributed by atoms with van der Waals surface area (Å²) in [5.41, 5.74) is 0.199. The van der Waals surface area contributed by atoms with Crippen molar-refractivity contribution in [2.75, 3.05) is 13.2 Å². The first kappa shape index (κ1) is 19.1. The summed E-state index contributed by atoms with van der Waals surface area (Å²) in [6.45, 7) is 1.05. The van der Waals surface area contributed by atoms with Crippen LogP contribution in [-0.4, -0.2) is 35.0 Å². The molecule has 0 radical (unpaired) electrons. The average molecular weight is 381 g/mol. The smallest absolute Gasteiger partial charge is 0.326 e. The van der Waals surface area contributed by atoms with Gasteiger partial charge in [-0.1, -0.05) is 30.3 Å². The molecule has 0 saturated carbocycles. The number of amides is 1. The Labute approximate surface area is 160 Å². The van der Waals surface area contributed by atoms with Crippen LogP contribution in [0.2, 0.25) is 0 Å². The number of fused-ring (bicyclic) bond motifs is 1. The van der Waals surface area contributed by atoms with E-state index in [1.165, 1.54) is 0 Å². The molecule has 0 saturated heterocycles. The third-order valence-electron chi connectivity index (χ3n) is 3.87. The molecule has 1 heterocycles. The lowest BCUT2D eigenvalue weighted by Crippen LogP contribution is -2.34. The minimum atomic E-state index is -0.776. The Bertz CT molecular complexity index is 1030. The molecule has 0 aliphatic rings. The number of ether oxygens (including phenoxy) is 2. The summed E-state index contributed by atoms with van der Waals surface area (Å²) in [6, 6.07) is 15.7. The third kappa shape index (κ3) is 4.94. The quantitative estimate of drug-likeness (QED) is 0.603. The summed E-state index contributed by atoms with van der Waals surface area (Å²) in [5, 5.41) is 2.87. The van der Waals surface area contributed by atoms with Crippen molar-refractivity contribution < 1.29 is 19.1 Å². The summed E-state index contributed by atoms with van der Waals surface area (Å²) in [4.78, 5) is 42.7. The number of carbonyl (C=O) groups is 2. The van der Waals surface area contributed by atoms with Crippen molar-refractivity contribution in [3.8, 4) is 5.75 Å². The molecule has 0 aliphatic heterocycles. The predicted octanol–water partition coefficient (Wildman–Crippen LogP) is 1.72. The van der Waals surface area contributed by atoms with E-state index in [1.54, 1.807) is 55.5 Å². The molecule has 0 bridgehead atoms. The average Bonchev–Trinajstić information content (AvgIpc) is 2.71. The molecule has 8 nitrogen and oxygen atoms in total. The fraction of sp³-hybridized carbons (Fsp3) is 0.200. The summed E-state index contributed by atoms with van der Waals surface area (Å²) >= 11 is 0. The Morgan fingerprint density at radius 3 is 2.61 bits per heavy atom.